The van der Waals surface area contributed by atoms with Gasteiger partial charge < -0.3 is 10.2 Å². The molecule has 2 rings (SSSR count). The van der Waals surface area contributed by atoms with Gasteiger partial charge in [-0.1, -0.05) is 23.9 Å². The number of rotatable bonds is 5. The molecule has 0 radical (unpaired) electrons. The first-order valence-electron chi connectivity index (χ1n) is 5.78. The van der Waals surface area contributed by atoms with Gasteiger partial charge in [-0.25, -0.2) is 10.2 Å². The van der Waals surface area contributed by atoms with Crippen LogP contribution < -0.4 is 11.2 Å². The van der Waals surface area contributed by atoms with Gasteiger partial charge >= 0.3 is 6.03 Å². The van der Waals surface area contributed by atoms with Gasteiger partial charge in [0.25, 0.3) is 5.76 Å². The fourth-order valence-electron chi connectivity index (χ4n) is 1.54. The fraction of sp³-hybridized carbons (Fsp3) is 0.0769. The van der Waals surface area contributed by atoms with Crippen LogP contribution in [0.15, 0.2) is 50.8 Å². The van der Waals surface area contributed by atoms with Crippen molar-refractivity contribution in [2.45, 2.75) is 10.7 Å². The monoisotopic (exact) mass is 311 g/mol. The molecular formula is C13H11F2N3O2S. The quantitative estimate of drug-likeness (QED) is 0.505. The van der Waals surface area contributed by atoms with E-state index >= 15 is 0 Å². The number of nitrogens with two attached hydrogens (primary N) is 1. The molecule has 0 aliphatic carbocycles. The average Bonchev–Trinajstić information content (AvgIpc) is 2.87. The molecule has 0 bridgehead atoms. The van der Waals surface area contributed by atoms with E-state index in [-0.39, 0.29) is 0 Å². The van der Waals surface area contributed by atoms with Gasteiger partial charge in [0, 0.05) is 10.5 Å². The first kappa shape index (κ1) is 15.0. The van der Waals surface area contributed by atoms with Crippen molar-refractivity contribution in [3.63, 3.8) is 0 Å². The zero-order valence-corrected chi connectivity index (χ0v) is 11.4. The fourth-order valence-corrected chi connectivity index (χ4v) is 2.04. The number of alkyl halides is 2. The van der Waals surface area contributed by atoms with E-state index in [9.17, 15) is 13.6 Å². The number of primary amides is 1. The summed E-state index contributed by atoms with van der Waals surface area (Å²) in [5.41, 5.74) is 7.64. The first-order chi connectivity index (χ1) is 10.0. The Kier molecular flexibility index (Phi) is 4.94. The number of hydrogen-bond acceptors (Lipinski definition) is 4. The summed E-state index contributed by atoms with van der Waals surface area (Å²) in [5, 5.41) is 3.56. The molecule has 21 heavy (non-hydrogen) atoms. The molecule has 0 unspecified atom stereocenters. The lowest BCUT2D eigenvalue weighted by molar-refractivity contribution is 0.249. The summed E-state index contributed by atoms with van der Waals surface area (Å²) in [6.45, 7) is 0. The molecule has 3 N–H and O–H groups in total. The summed E-state index contributed by atoms with van der Waals surface area (Å²) in [7, 11) is 0. The number of urea groups is 1. The summed E-state index contributed by atoms with van der Waals surface area (Å²) < 4.78 is 29.9. The molecule has 1 heterocycles. The number of thioether (sulfide) groups is 1. The van der Waals surface area contributed by atoms with Crippen LogP contribution in [0.1, 0.15) is 5.76 Å². The predicted molar refractivity (Wildman–Crippen MR) is 76.3 cm³/mol. The van der Waals surface area contributed by atoms with Crippen molar-refractivity contribution in [2.75, 3.05) is 0 Å². The van der Waals surface area contributed by atoms with E-state index in [1.165, 1.54) is 6.21 Å². The number of carbonyl (C=O) groups excluding carboxylic acids is 1. The number of furan rings is 1. The molecule has 0 fully saturated rings. The van der Waals surface area contributed by atoms with Crippen LogP contribution in [-0.2, 0) is 0 Å². The van der Waals surface area contributed by atoms with Crippen LogP contribution in [0.3, 0.4) is 0 Å². The zero-order chi connectivity index (χ0) is 15.2. The number of hydrazone groups is 1. The standard InChI is InChI=1S/C13H11F2N3O2S/c14-12(15)21-10-4-1-8(2-5-10)11-6-3-9(20-11)7-17-18-13(16)19/h1-7,12H,(H3,16,18,19). The van der Waals surface area contributed by atoms with E-state index in [0.29, 0.717) is 28.2 Å². The summed E-state index contributed by atoms with van der Waals surface area (Å²) >= 11 is 0.484. The van der Waals surface area contributed by atoms with Gasteiger partial charge in [-0.05, 0) is 24.3 Å². The topological polar surface area (TPSA) is 80.6 Å². The molecule has 8 heteroatoms. The number of hydrogen-bond donors (Lipinski definition) is 2. The van der Waals surface area contributed by atoms with Crippen LogP contribution in [0, 0.1) is 0 Å². The Morgan fingerprint density at radius 2 is 2.00 bits per heavy atom. The number of nitrogens with one attached hydrogen (secondary N) is 1. The lowest BCUT2D eigenvalue weighted by Crippen LogP contribution is -2.24. The van der Waals surface area contributed by atoms with Crippen molar-refractivity contribution in [3.05, 3.63) is 42.2 Å². The second kappa shape index (κ2) is 6.89. The average molecular weight is 311 g/mol. The Balaban J connectivity index is 2.07. The molecule has 0 saturated heterocycles. The lowest BCUT2D eigenvalue weighted by atomic mass is 10.2. The second-order valence-corrected chi connectivity index (χ2v) is 4.90. The molecule has 0 aliphatic heterocycles. The number of carbonyl (C=O) groups is 1. The maximum atomic E-state index is 12.2. The normalized spacial score (nSPS) is 11.2. The third kappa shape index (κ3) is 4.60. The number of benzene rings is 1. The van der Waals surface area contributed by atoms with E-state index in [1.807, 2.05) is 5.43 Å². The van der Waals surface area contributed by atoms with E-state index < -0.39 is 11.8 Å². The van der Waals surface area contributed by atoms with Crippen LogP contribution in [0.5, 0.6) is 0 Å². The molecule has 5 nitrogen and oxygen atoms in total. The number of nitrogens with zero attached hydrogens (tertiary/aromatic N) is 1. The highest BCUT2D eigenvalue weighted by molar-refractivity contribution is 7.99. The molecule has 1 aromatic carbocycles. The molecule has 0 spiro atoms. The third-order valence-corrected chi connectivity index (χ3v) is 3.08. The van der Waals surface area contributed by atoms with Gasteiger partial charge in [-0.3, -0.25) is 0 Å². The molecule has 2 amide bonds. The molecule has 0 aliphatic rings. The maximum absolute atomic E-state index is 12.2. The van der Waals surface area contributed by atoms with E-state index in [2.05, 4.69) is 5.10 Å². The number of amides is 2. The molecule has 0 saturated carbocycles. The van der Waals surface area contributed by atoms with Crippen molar-refractivity contribution >= 4 is 24.0 Å². The first-order valence-corrected chi connectivity index (χ1v) is 6.66. The third-order valence-electron chi connectivity index (χ3n) is 2.36. The van der Waals surface area contributed by atoms with E-state index in [4.69, 9.17) is 10.2 Å². The highest BCUT2D eigenvalue weighted by Gasteiger charge is 2.07. The second-order valence-electron chi connectivity index (χ2n) is 3.84. The molecule has 1 aromatic heterocycles. The SMILES string of the molecule is NC(=O)NN=Cc1ccc(-c2ccc(SC(F)F)cc2)o1. The Labute approximate surface area is 123 Å². The summed E-state index contributed by atoms with van der Waals surface area (Å²) in [5.74, 6) is -1.46. The van der Waals surface area contributed by atoms with Gasteiger partial charge in [0.2, 0.25) is 0 Å². The molecule has 2 aromatic rings. The zero-order valence-electron chi connectivity index (χ0n) is 10.6. The summed E-state index contributed by atoms with van der Waals surface area (Å²) in [6, 6.07) is 9.15. The van der Waals surface area contributed by atoms with Crippen molar-refractivity contribution in [1.82, 2.24) is 5.43 Å². The smallest absolute Gasteiger partial charge is 0.332 e. The highest BCUT2D eigenvalue weighted by Crippen LogP contribution is 2.28. The Bertz CT molecular complexity index is 641. The largest absolute Gasteiger partial charge is 0.455 e. The number of halogens is 2. The summed E-state index contributed by atoms with van der Waals surface area (Å²) in [6.07, 6.45) is 1.30. The molecular weight excluding hydrogens is 300 g/mol. The highest BCUT2D eigenvalue weighted by atomic mass is 32.2. The Morgan fingerprint density at radius 3 is 2.62 bits per heavy atom. The maximum Gasteiger partial charge on any atom is 0.332 e. The Hall–Kier alpha value is -2.35. The molecule has 0 atom stereocenters. The van der Waals surface area contributed by atoms with Crippen LogP contribution in [0.25, 0.3) is 11.3 Å². The van der Waals surface area contributed by atoms with E-state index in [1.54, 1.807) is 36.4 Å². The van der Waals surface area contributed by atoms with Crippen LogP contribution in [-0.4, -0.2) is 18.0 Å². The van der Waals surface area contributed by atoms with Crippen LogP contribution >= 0.6 is 11.8 Å². The minimum Gasteiger partial charge on any atom is -0.455 e. The van der Waals surface area contributed by atoms with Crippen LogP contribution in [0.2, 0.25) is 0 Å². The van der Waals surface area contributed by atoms with Gasteiger partial charge in [-0.15, -0.1) is 0 Å². The van der Waals surface area contributed by atoms with Gasteiger partial charge in [0.05, 0.1) is 6.21 Å². The van der Waals surface area contributed by atoms with Gasteiger partial charge in [0.1, 0.15) is 11.5 Å². The van der Waals surface area contributed by atoms with Gasteiger partial charge in [0.15, 0.2) is 0 Å². The van der Waals surface area contributed by atoms with Crippen LogP contribution in [0.4, 0.5) is 13.6 Å². The van der Waals surface area contributed by atoms with Gasteiger partial charge in [-0.2, -0.15) is 13.9 Å². The van der Waals surface area contributed by atoms with Crippen molar-refractivity contribution < 1.29 is 18.0 Å². The molecule has 110 valence electrons. The minimum absolute atomic E-state index is 0.421. The van der Waals surface area contributed by atoms with E-state index in [0.717, 1.165) is 5.56 Å². The predicted octanol–water partition coefficient (Wildman–Crippen LogP) is 3.26. The van der Waals surface area contributed by atoms with Crippen molar-refractivity contribution in [1.29, 1.82) is 0 Å². The summed E-state index contributed by atoms with van der Waals surface area (Å²) in [4.78, 5) is 10.9. The Morgan fingerprint density at radius 1 is 1.29 bits per heavy atom. The minimum atomic E-state index is -2.44. The van der Waals surface area contributed by atoms with Crippen molar-refractivity contribution in [3.8, 4) is 11.3 Å². The van der Waals surface area contributed by atoms with Crippen molar-refractivity contribution in [2.24, 2.45) is 10.8 Å². The lowest BCUT2D eigenvalue weighted by Gasteiger charge is -2.01.